The Balaban J connectivity index is 1.68. The number of alkyl halides is 3. The van der Waals surface area contributed by atoms with Crippen LogP contribution in [0.2, 0.25) is 0 Å². The molecule has 0 radical (unpaired) electrons. The molecule has 5 nitrogen and oxygen atoms in total. The van der Waals surface area contributed by atoms with Crippen LogP contribution in [-0.2, 0) is 18.4 Å². The molecule has 1 amide bonds. The van der Waals surface area contributed by atoms with Crippen molar-refractivity contribution in [3.8, 4) is 0 Å². The van der Waals surface area contributed by atoms with E-state index in [1.54, 1.807) is 23.0 Å². The Morgan fingerprint density at radius 2 is 1.93 bits per heavy atom. The monoisotopic (exact) mass is 439 g/mol. The Hall–Kier alpha value is -2.85. The lowest BCUT2D eigenvalue weighted by Crippen LogP contribution is -2.16. The highest BCUT2D eigenvalue weighted by molar-refractivity contribution is 7.99. The zero-order valence-corrected chi connectivity index (χ0v) is 16.6. The summed E-state index contributed by atoms with van der Waals surface area (Å²) in [5.41, 5.74) is 1.05. The van der Waals surface area contributed by atoms with E-state index in [9.17, 15) is 22.4 Å². The number of benzene rings is 2. The van der Waals surface area contributed by atoms with Gasteiger partial charge in [0, 0.05) is 29.9 Å². The summed E-state index contributed by atoms with van der Waals surface area (Å²) in [5, 5.41) is 3.33. The molecule has 0 unspecified atom stereocenters. The van der Waals surface area contributed by atoms with Crippen LogP contribution >= 0.6 is 11.8 Å². The quantitative estimate of drug-likeness (QED) is 0.524. The first-order chi connectivity index (χ1) is 14.2. The number of hydrogen-bond donors (Lipinski definition) is 1. The standard InChI is InChI=1S/C20H17F4N3O2S/c1-27-9-8-25-19(27)30-17-7-6-15(21)10-16(17)26-18(28)14-4-2-13(3-5-14)11-29-12-20(22,23)24/h2-10H,11-12H2,1H3,(H,26,28). The van der Waals surface area contributed by atoms with Crippen molar-refractivity contribution in [2.75, 3.05) is 11.9 Å². The van der Waals surface area contributed by atoms with E-state index in [2.05, 4.69) is 15.0 Å². The van der Waals surface area contributed by atoms with Gasteiger partial charge in [0.05, 0.1) is 12.3 Å². The predicted octanol–water partition coefficient (Wildman–Crippen LogP) is 5.04. The molecule has 0 fully saturated rings. The summed E-state index contributed by atoms with van der Waals surface area (Å²) in [4.78, 5) is 17.4. The topological polar surface area (TPSA) is 56.2 Å². The SMILES string of the molecule is Cn1ccnc1Sc1ccc(F)cc1NC(=O)c1ccc(COCC(F)(F)F)cc1. The smallest absolute Gasteiger partial charge is 0.367 e. The maximum absolute atomic E-state index is 13.7. The Morgan fingerprint density at radius 3 is 2.57 bits per heavy atom. The molecule has 0 spiro atoms. The highest BCUT2D eigenvalue weighted by atomic mass is 32.2. The van der Waals surface area contributed by atoms with E-state index in [1.807, 2.05) is 7.05 Å². The fraction of sp³-hybridized carbons (Fsp3) is 0.200. The molecule has 3 rings (SSSR count). The highest BCUT2D eigenvalue weighted by Crippen LogP contribution is 2.33. The first-order valence-corrected chi connectivity index (χ1v) is 9.52. The molecule has 10 heteroatoms. The number of amides is 1. The molecule has 0 atom stereocenters. The number of halogens is 4. The minimum absolute atomic E-state index is 0.226. The number of rotatable bonds is 7. The first kappa shape index (κ1) is 21.8. The van der Waals surface area contributed by atoms with Gasteiger partial charge < -0.3 is 14.6 Å². The summed E-state index contributed by atoms with van der Waals surface area (Å²) in [7, 11) is 1.82. The van der Waals surface area contributed by atoms with Crippen molar-refractivity contribution in [2.45, 2.75) is 22.8 Å². The number of carbonyl (C=O) groups excluding carboxylic acids is 1. The van der Waals surface area contributed by atoms with Crippen molar-refractivity contribution < 1.29 is 27.1 Å². The van der Waals surface area contributed by atoms with Crippen molar-refractivity contribution in [3.63, 3.8) is 0 Å². The largest absolute Gasteiger partial charge is 0.411 e. The number of imidazole rings is 1. The molecule has 30 heavy (non-hydrogen) atoms. The molecule has 3 aromatic rings. The van der Waals surface area contributed by atoms with Crippen molar-refractivity contribution in [1.29, 1.82) is 0 Å². The third-order valence-electron chi connectivity index (χ3n) is 3.92. The summed E-state index contributed by atoms with van der Waals surface area (Å²) in [6.45, 7) is -1.57. The second-order valence-corrected chi connectivity index (χ2v) is 7.33. The Bertz CT molecular complexity index is 1020. The number of anilines is 1. The van der Waals surface area contributed by atoms with Crippen LogP contribution in [0, 0.1) is 5.82 Å². The number of aromatic nitrogens is 2. The number of nitrogens with zero attached hydrogens (tertiary/aromatic N) is 2. The number of hydrogen-bond acceptors (Lipinski definition) is 4. The number of carbonyl (C=O) groups is 1. The van der Waals surface area contributed by atoms with E-state index < -0.39 is 24.5 Å². The molecule has 158 valence electrons. The predicted molar refractivity (Wildman–Crippen MR) is 104 cm³/mol. The molecule has 0 aliphatic carbocycles. The summed E-state index contributed by atoms with van der Waals surface area (Å²) < 4.78 is 56.5. The second-order valence-electron chi connectivity index (χ2n) is 6.32. The van der Waals surface area contributed by atoms with Crippen LogP contribution in [0.1, 0.15) is 15.9 Å². The molecular formula is C20H17F4N3O2S. The van der Waals surface area contributed by atoms with E-state index >= 15 is 0 Å². The van der Waals surface area contributed by atoms with Gasteiger partial charge in [-0.3, -0.25) is 4.79 Å². The third kappa shape index (κ3) is 6.07. The molecule has 0 bridgehead atoms. The highest BCUT2D eigenvalue weighted by Gasteiger charge is 2.27. The number of aryl methyl sites for hydroxylation is 1. The Morgan fingerprint density at radius 1 is 1.20 bits per heavy atom. The van der Waals surface area contributed by atoms with Crippen molar-refractivity contribution in [1.82, 2.24) is 9.55 Å². The van der Waals surface area contributed by atoms with Gasteiger partial charge in [-0.25, -0.2) is 9.37 Å². The lowest BCUT2D eigenvalue weighted by Gasteiger charge is -2.12. The Labute approximate surface area is 174 Å². The molecule has 1 aromatic heterocycles. The van der Waals surface area contributed by atoms with Gasteiger partial charge in [-0.05, 0) is 47.7 Å². The lowest BCUT2D eigenvalue weighted by atomic mass is 10.1. The van der Waals surface area contributed by atoms with Crippen LogP contribution in [0.15, 0.2) is 64.9 Å². The average Bonchev–Trinajstić information content (AvgIpc) is 3.08. The summed E-state index contributed by atoms with van der Waals surface area (Å²) >= 11 is 1.27. The van der Waals surface area contributed by atoms with Gasteiger partial charge in [0.2, 0.25) is 0 Å². The van der Waals surface area contributed by atoms with Crippen molar-refractivity contribution in [2.24, 2.45) is 7.05 Å². The van der Waals surface area contributed by atoms with Crippen molar-refractivity contribution in [3.05, 3.63) is 71.8 Å². The molecule has 1 heterocycles. The molecule has 0 saturated heterocycles. The van der Waals surface area contributed by atoms with Gasteiger partial charge in [-0.2, -0.15) is 13.2 Å². The van der Waals surface area contributed by atoms with Crippen LogP contribution < -0.4 is 5.32 Å². The second kappa shape index (κ2) is 9.31. The minimum Gasteiger partial charge on any atom is -0.367 e. The molecule has 1 N–H and O–H groups in total. The van der Waals surface area contributed by atoms with Crippen LogP contribution in [-0.4, -0.2) is 28.2 Å². The normalized spacial score (nSPS) is 11.5. The van der Waals surface area contributed by atoms with Gasteiger partial charge in [0.15, 0.2) is 5.16 Å². The van der Waals surface area contributed by atoms with Crippen LogP contribution in [0.25, 0.3) is 0 Å². The van der Waals surface area contributed by atoms with Crippen LogP contribution in [0.4, 0.5) is 23.2 Å². The summed E-state index contributed by atoms with van der Waals surface area (Å²) in [6.07, 6.45) is -0.996. The molecular weight excluding hydrogens is 422 g/mol. The van der Waals surface area contributed by atoms with E-state index in [4.69, 9.17) is 0 Å². The number of ether oxygens (including phenoxy) is 1. The van der Waals surface area contributed by atoms with Gasteiger partial charge >= 0.3 is 6.18 Å². The Kier molecular flexibility index (Phi) is 6.78. The van der Waals surface area contributed by atoms with Gasteiger partial charge in [0.25, 0.3) is 5.91 Å². The van der Waals surface area contributed by atoms with E-state index in [0.717, 1.165) is 0 Å². The van der Waals surface area contributed by atoms with Crippen molar-refractivity contribution >= 4 is 23.4 Å². The average molecular weight is 439 g/mol. The van der Waals surface area contributed by atoms with Gasteiger partial charge in [-0.15, -0.1) is 0 Å². The zero-order valence-electron chi connectivity index (χ0n) is 15.7. The molecule has 0 aliphatic heterocycles. The van der Waals surface area contributed by atoms with E-state index in [-0.39, 0.29) is 17.9 Å². The minimum atomic E-state index is -4.39. The zero-order chi connectivity index (χ0) is 21.7. The number of nitrogens with one attached hydrogen (secondary N) is 1. The van der Waals surface area contributed by atoms with Crippen LogP contribution in [0.5, 0.6) is 0 Å². The summed E-state index contributed by atoms with van der Waals surface area (Å²) in [5.74, 6) is -0.989. The van der Waals surface area contributed by atoms with Crippen LogP contribution in [0.3, 0.4) is 0 Å². The van der Waals surface area contributed by atoms with E-state index in [1.165, 1.54) is 48.2 Å². The van der Waals surface area contributed by atoms with Gasteiger partial charge in [-0.1, -0.05) is 12.1 Å². The van der Waals surface area contributed by atoms with Gasteiger partial charge in [0.1, 0.15) is 12.4 Å². The fourth-order valence-electron chi connectivity index (χ4n) is 2.47. The molecule has 2 aromatic carbocycles. The third-order valence-corrected chi connectivity index (χ3v) is 5.07. The maximum atomic E-state index is 13.7. The van der Waals surface area contributed by atoms with E-state index in [0.29, 0.717) is 15.6 Å². The maximum Gasteiger partial charge on any atom is 0.411 e. The summed E-state index contributed by atoms with van der Waals surface area (Å²) in [6, 6.07) is 9.98. The fourth-order valence-corrected chi connectivity index (χ4v) is 3.34. The first-order valence-electron chi connectivity index (χ1n) is 8.71. The molecule has 0 aliphatic rings. The molecule has 0 saturated carbocycles. The lowest BCUT2D eigenvalue weighted by molar-refractivity contribution is -0.176.